The maximum Gasteiger partial charge on any atom is 0.263 e. The van der Waals surface area contributed by atoms with Crippen LogP contribution in [0.25, 0.3) is 0 Å². The van der Waals surface area contributed by atoms with Gasteiger partial charge in [0.25, 0.3) is 10.0 Å². The van der Waals surface area contributed by atoms with Gasteiger partial charge in [-0.3, -0.25) is 4.72 Å². The Balaban J connectivity index is 2.06. The van der Waals surface area contributed by atoms with Crippen LogP contribution in [0.5, 0.6) is 0 Å². The van der Waals surface area contributed by atoms with Gasteiger partial charge in [-0.1, -0.05) is 17.7 Å². The molecule has 0 radical (unpaired) electrons. The number of nitrogens with one attached hydrogen (secondary N) is 2. The summed E-state index contributed by atoms with van der Waals surface area (Å²) in [5, 5.41) is 3.28. The zero-order valence-corrected chi connectivity index (χ0v) is 16.9. The first kappa shape index (κ1) is 20.2. The number of sulfonamides is 1. The van der Waals surface area contributed by atoms with E-state index in [-0.39, 0.29) is 0 Å². The van der Waals surface area contributed by atoms with E-state index >= 15 is 0 Å². The summed E-state index contributed by atoms with van der Waals surface area (Å²) in [6, 6.07) is 7.24. The van der Waals surface area contributed by atoms with Crippen LogP contribution < -0.4 is 10.0 Å². The molecule has 1 aromatic heterocycles. The Morgan fingerprint density at radius 3 is 2.27 bits per heavy atom. The number of hydrogen-bond acceptors (Lipinski definition) is 5. The average molecular weight is 377 g/mol. The van der Waals surface area contributed by atoms with Gasteiger partial charge < -0.3 is 10.2 Å². The van der Waals surface area contributed by atoms with Crippen LogP contribution >= 0.6 is 0 Å². The van der Waals surface area contributed by atoms with Gasteiger partial charge in [0.15, 0.2) is 0 Å². The Hall–Kier alpha value is -2.12. The molecule has 6 nitrogen and oxygen atoms in total. The Morgan fingerprint density at radius 2 is 1.73 bits per heavy atom. The molecule has 0 saturated heterocycles. The van der Waals surface area contributed by atoms with Crippen molar-refractivity contribution < 1.29 is 8.42 Å². The quantitative estimate of drug-likeness (QED) is 0.692. The Bertz CT molecular complexity index is 823. The lowest BCUT2D eigenvalue weighted by Crippen LogP contribution is -2.17. The van der Waals surface area contributed by atoms with Gasteiger partial charge in [-0.25, -0.2) is 13.4 Å². The highest BCUT2D eigenvalue weighted by Gasteiger charge is 2.20. The minimum Gasteiger partial charge on any atom is -0.384 e. The molecule has 0 atom stereocenters. The van der Waals surface area contributed by atoms with Crippen molar-refractivity contribution in [2.45, 2.75) is 32.1 Å². The fraction of sp³-hybridized carbons (Fsp3) is 0.421. The van der Waals surface area contributed by atoms with E-state index < -0.39 is 10.0 Å². The molecular weight excluding hydrogens is 348 g/mol. The van der Waals surface area contributed by atoms with Crippen LogP contribution in [-0.2, 0) is 10.0 Å². The van der Waals surface area contributed by atoms with E-state index in [1.54, 1.807) is 12.3 Å². The number of aryl methyl sites for hydroxylation is 3. The minimum absolute atomic E-state index is 0.309. The number of aromatic nitrogens is 1. The second-order valence-electron chi connectivity index (χ2n) is 6.85. The molecule has 7 heteroatoms. The van der Waals surface area contributed by atoms with Gasteiger partial charge in [0, 0.05) is 6.54 Å². The molecule has 0 bridgehead atoms. The Kier molecular flexibility index (Phi) is 6.61. The molecular formula is C19H28N4O2S. The molecule has 0 aliphatic carbocycles. The lowest BCUT2D eigenvalue weighted by molar-refractivity contribution is 0.405. The van der Waals surface area contributed by atoms with E-state index in [0.717, 1.165) is 41.9 Å². The zero-order valence-electron chi connectivity index (χ0n) is 16.1. The number of rotatable bonds is 8. The monoisotopic (exact) mass is 376 g/mol. The summed E-state index contributed by atoms with van der Waals surface area (Å²) in [5.41, 5.74) is 3.37. The van der Waals surface area contributed by atoms with E-state index in [4.69, 9.17) is 0 Å². The highest BCUT2D eigenvalue weighted by molar-refractivity contribution is 7.92. The van der Waals surface area contributed by atoms with Gasteiger partial charge in [-0.2, -0.15) is 0 Å². The summed E-state index contributed by atoms with van der Waals surface area (Å²) >= 11 is 0. The molecule has 26 heavy (non-hydrogen) atoms. The van der Waals surface area contributed by atoms with Crippen LogP contribution in [0, 0.1) is 20.8 Å². The maximum atomic E-state index is 12.7. The van der Waals surface area contributed by atoms with Gasteiger partial charge in [0.2, 0.25) is 0 Å². The number of hydrogen-bond donors (Lipinski definition) is 2. The van der Waals surface area contributed by atoms with Gasteiger partial charge in [0.1, 0.15) is 5.82 Å². The smallest absolute Gasteiger partial charge is 0.263 e. The fourth-order valence-electron chi connectivity index (χ4n) is 2.97. The van der Waals surface area contributed by atoms with Crippen molar-refractivity contribution in [1.29, 1.82) is 0 Å². The highest BCUT2D eigenvalue weighted by atomic mass is 32.2. The lowest BCUT2D eigenvalue weighted by Gasteiger charge is -2.14. The third kappa shape index (κ3) is 5.44. The third-order valence-electron chi connectivity index (χ3n) is 3.99. The zero-order chi connectivity index (χ0) is 19.3. The van der Waals surface area contributed by atoms with Crippen molar-refractivity contribution >= 4 is 21.5 Å². The van der Waals surface area contributed by atoms with E-state index in [1.165, 1.54) is 0 Å². The average Bonchev–Trinajstić information content (AvgIpc) is 2.51. The number of nitrogens with zero attached hydrogens (tertiary/aromatic N) is 2. The summed E-state index contributed by atoms with van der Waals surface area (Å²) in [7, 11) is 0.410. The van der Waals surface area contributed by atoms with E-state index in [1.807, 2.05) is 53.1 Å². The topological polar surface area (TPSA) is 74.3 Å². The molecule has 0 spiro atoms. The summed E-state index contributed by atoms with van der Waals surface area (Å²) in [5.74, 6) is 0.309. The van der Waals surface area contributed by atoms with Crippen molar-refractivity contribution in [2.75, 3.05) is 37.2 Å². The van der Waals surface area contributed by atoms with Crippen LogP contribution in [0.4, 0.5) is 11.5 Å². The van der Waals surface area contributed by atoms with Crippen molar-refractivity contribution in [1.82, 2.24) is 9.88 Å². The Morgan fingerprint density at radius 1 is 1.08 bits per heavy atom. The molecule has 2 N–H and O–H groups in total. The van der Waals surface area contributed by atoms with Crippen molar-refractivity contribution in [3.63, 3.8) is 0 Å². The molecule has 142 valence electrons. The molecule has 0 fully saturated rings. The van der Waals surface area contributed by atoms with Crippen molar-refractivity contribution in [3.8, 4) is 0 Å². The van der Waals surface area contributed by atoms with E-state index in [9.17, 15) is 8.42 Å². The second kappa shape index (κ2) is 8.51. The molecule has 0 unspecified atom stereocenters. The van der Waals surface area contributed by atoms with Crippen molar-refractivity contribution in [3.05, 3.63) is 47.2 Å². The Labute approximate surface area is 156 Å². The van der Waals surface area contributed by atoms with Crippen LogP contribution in [0.1, 0.15) is 23.1 Å². The normalized spacial score (nSPS) is 11.6. The van der Waals surface area contributed by atoms with E-state index in [2.05, 4.69) is 19.9 Å². The minimum atomic E-state index is -3.67. The summed E-state index contributed by atoms with van der Waals surface area (Å²) in [6.07, 6.45) is 2.66. The maximum absolute atomic E-state index is 12.7. The number of benzene rings is 1. The first-order valence-corrected chi connectivity index (χ1v) is 10.1. The predicted octanol–water partition coefficient (Wildman–Crippen LogP) is 3.17. The molecule has 0 amide bonds. The van der Waals surface area contributed by atoms with Crippen LogP contribution in [0.15, 0.2) is 35.4 Å². The van der Waals surface area contributed by atoms with E-state index in [0.29, 0.717) is 10.7 Å². The SMILES string of the molecule is Cc1cc(C)c(S(=O)(=O)Nc2ccc(NCCCN(C)C)cn2)c(C)c1. The number of anilines is 2. The van der Waals surface area contributed by atoms with Gasteiger partial charge in [-0.05, 0) is 71.1 Å². The summed E-state index contributed by atoms with van der Waals surface area (Å²) < 4.78 is 28.1. The first-order valence-electron chi connectivity index (χ1n) is 8.64. The fourth-order valence-corrected chi connectivity index (χ4v) is 4.43. The molecule has 2 aromatic rings. The van der Waals surface area contributed by atoms with Crippen LogP contribution in [0.2, 0.25) is 0 Å². The molecule has 0 saturated carbocycles. The largest absolute Gasteiger partial charge is 0.384 e. The van der Waals surface area contributed by atoms with Gasteiger partial charge in [0.05, 0.1) is 16.8 Å². The third-order valence-corrected chi connectivity index (χ3v) is 5.65. The highest BCUT2D eigenvalue weighted by Crippen LogP contribution is 2.24. The first-order chi connectivity index (χ1) is 12.2. The van der Waals surface area contributed by atoms with Crippen LogP contribution in [0.3, 0.4) is 0 Å². The molecule has 0 aliphatic heterocycles. The molecule has 1 aromatic carbocycles. The molecule has 2 rings (SSSR count). The second-order valence-corrected chi connectivity index (χ2v) is 8.47. The standard InChI is InChI=1S/C19H28N4O2S/c1-14-11-15(2)19(16(3)12-14)26(24,25)22-18-8-7-17(13-21-18)20-9-6-10-23(4)5/h7-8,11-13,20H,6,9-10H2,1-5H3,(H,21,22). The predicted molar refractivity (Wildman–Crippen MR) is 107 cm³/mol. The molecule has 0 aliphatic rings. The lowest BCUT2D eigenvalue weighted by atomic mass is 10.1. The summed E-state index contributed by atoms with van der Waals surface area (Å²) in [6.45, 7) is 7.42. The van der Waals surface area contributed by atoms with Gasteiger partial charge >= 0.3 is 0 Å². The molecule has 1 heterocycles. The van der Waals surface area contributed by atoms with Crippen molar-refractivity contribution in [2.24, 2.45) is 0 Å². The van der Waals surface area contributed by atoms with Crippen LogP contribution in [-0.4, -0.2) is 45.5 Å². The van der Waals surface area contributed by atoms with Gasteiger partial charge in [-0.15, -0.1) is 0 Å². The summed E-state index contributed by atoms with van der Waals surface area (Å²) in [4.78, 5) is 6.66. The number of pyridine rings is 1.